The van der Waals surface area contributed by atoms with Gasteiger partial charge in [-0.05, 0) is 65.7 Å². The molecule has 4 rings (SSSR count). The molecular weight excluding hydrogens is 442 g/mol. The molecule has 1 saturated heterocycles. The number of aromatic hydroxyl groups is 1. The third-order valence-electron chi connectivity index (χ3n) is 4.95. The Balaban J connectivity index is 1.47. The summed E-state index contributed by atoms with van der Waals surface area (Å²) in [7, 11) is 0. The SMILES string of the molecule is O=C1NC(=O)N(c2ccc(O)cc2)C(=O)/C1=C/c1ccc(OCc2ccc([N+](=O)[O-])cc2)cc1. The van der Waals surface area contributed by atoms with Crippen LogP contribution >= 0.6 is 0 Å². The number of carbonyl (C=O) groups excluding carboxylic acids is 3. The smallest absolute Gasteiger partial charge is 0.335 e. The minimum atomic E-state index is -0.882. The molecule has 0 saturated carbocycles. The van der Waals surface area contributed by atoms with Crippen molar-refractivity contribution in [1.29, 1.82) is 0 Å². The third-order valence-corrected chi connectivity index (χ3v) is 4.95. The number of urea groups is 1. The second kappa shape index (κ2) is 9.25. The van der Waals surface area contributed by atoms with Gasteiger partial charge in [0.2, 0.25) is 0 Å². The number of barbiturate groups is 1. The first-order chi connectivity index (χ1) is 16.3. The van der Waals surface area contributed by atoms with Crippen LogP contribution in [0.4, 0.5) is 16.2 Å². The van der Waals surface area contributed by atoms with Crippen LogP contribution < -0.4 is 15.0 Å². The lowest BCUT2D eigenvalue weighted by atomic mass is 10.1. The van der Waals surface area contributed by atoms with Crippen molar-refractivity contribution in [3.8, 4) is 11.5 Å². The van der Waals surface area contributed by atoms with Gasteiger partial charge in [-0.2, -0.15) is 0 Å². The lowest BCUT2D eigenvalue weighted by Gasteiger charge is -2.26. The van der Waals surface area contributed by atoms with Crippen LogP contribution in [0.15, 0.2) is 78.4 Å². The zero-order valence-corrected chi connectivity index (χ0v) is 17.5. The van der Waals surface area contributed by atoms with Crippen molar-refractivity contribution in [2.75, 3.05) is 4.90 Å². The Bertz CT molecular complexity index is 1300. The Hall–Kier alpha value is -4.99. The highest BCUT2D eigenvalue weighted by molar-refractivity contribution is 6.39. The number of phenols is 1. The van der Waals surface area contributed by atoms with Gasteiger partial charge in [-0.3, -0.25) is 25.0 Å². The van der Waals surface area contributed by atoms with E-state index < -0.39 is 22.8 Å². The summed E-state index contributed by atoms with van der Waals surface area (Å²) in [4.78, 5) is 48.4. The highest BCUT2D eigenvalue weighted by atomic mass is 16.6. The fraction of sp³-hybridized carbons (Fsp3) is 0.0417. The fourth-order valence-corrected chi connectivity index (χ4v) is 3.20. The number of nitro groups is 1. The summed E-state index contributed by atoms with van der Waals surface area (Å²) >= 11 is 0. The Morgan fingerprint density at radius 2 is 1.59 bits per heavy atom. The van der Waals surface area contributed by atoms with Gasteiger partial charge in [0.05, 0.1) is 10.6 Å². The molecule has 0 bridgehead atoms. The molecule has 10 heteroatoms. The Morgan fingerprint density at radius 3 is 2.21 bits per heavy atom. The van der Waals surface area contributed by atoms with E-state index >= 15 is 0 Å². The summed E-state index contributed by atoms with van der Waals surface area (Å²) in [6, 6.07) is 17.1. The van der Waals surface area contributed by atoms with Crippen LogP contribution in [0.1, 0.15) is 11.1 Å². The molecule has 0 radical (unpaired) electrons. The molecule has 1 aliphatic rings. The van der Waals surface area contributed by atoms with E-state index in [2.05, 4.69) is 5.32 Å². The first-order valence-corrected chi connectivity index (χ1v) is 9.98. The third kappa shape index (κ3) is 4.75. The minimum Gasteiger partial charge on any atom is -0.508 e. The second-order valence-corrected chi connectivity index (χ2v) is 7.26. The molecule has 3 aromatic rings. The van der Waals surface area contributed by atoms with E-state index in [4.69, 9.17) is 4.74 Å². The van der Waals surface area contributed by atoms with Crippen LogP contribution in [0.25, 0.3) is 6.08 Å². The predicted octanol–water partition coefficient (Wildman–Crippen LogP) is 3.55. The van der Waals surface area contributed by atoms with E-state index in [1.165, 1.54) is 42.5 Å². The Kier molecular flexibility index (Phi) is 6.04. The van der Waals surface area contributed by atoms with E-state index in [0.29, 0.717) is 11.3 Å². The van der Waals surface area contributed by atoms with E-state index in [-0.39, 0.29) is 29.3 Å². The zero-order chi connectivity index (χ0) is 24.2. The molecule has 4 amide bonds. The van der Waals surface area contributed by atoms with E-state index in [1.807, 2.05) is 0 Å². The molecule has 0 spiro atoms. The number of amides is 4. The topological polar surface area (TPSA) is 139 Å². The van der Waals surface area contributed by atoms with Gasteiger partial charge in [0.1, 0.15) is 23.7 Å². The van der Waals surface area contributed by atoms with Crippen LogP contribution in [0.5, 0.6) is 11.5 Å². The van der Waals surface area contributed by atoms with Gasteiger partial charge >= 0.3 is 6.03 Å². The molecule has 0 atom stereocenters. The highest BCUT2D eigenvalue weighted by Crippen LogP contribution is 2.24. The maximum absolute atomic E-state index is 12.9. The molecule has 10 nitrogen and oxygen atoms in total. The average molecular weight is 459 g/mol. The fourth-order valence-electron chi connectivity index (χ4n) is 3.20. The number of rotatable bonds is 6. The molecule has 2 N–H and O–H groups in total. The number of nitrogens with zero attached hydrogens (tertiary/aromatic N) is 2. The summed E-state index contributed by atoms with van der Waals surface area (Å²) in [5, 5.41) is 22.3. The number of non-ortho nitro benzene ring substituents is 1. The van der Waals surface area contributed by atoms with Crippen LogP contribution in [-0.2, 0) is 16.2 Å². The van der Waals surface area contributed by atoms with Crippen LogP contribution in [0.3, 0.4) is 0 Å². The van der Waals surface area contributed by atoms with Gasteiger partial charge in [0.15, 0.2) is 0 Å². The molecule has 1 fully saturated rings. The first kappa shape index (κ1) is 22.2. The maximum atomic E-state index is 12.9. The second-order valence-electron chi connectivity index (χ2n) is 7.26. The van der Waals surface area contributed by atoms with Crippen molar-refractivity contribution in [2.45, 2.75) is 6.61 Å². The van der Waals surface area contributed by atoms with E-state index in [1.54, 1.807) is 36.4 Å². The number of benzene rings is 3. The van der Waals surface area contributed by atoms with Crippen molar-refractivity contribution in [2.24, 2.45) is 0 Å². The van der Waals surface area contributed by atoms with E-state index in [9.17, 15) is 29.6 Å². The largest absolute Gasteiger partial charge is 0.508 e. The standard InChI is InChI=1S/C24H17N3O7/c28-19-9-7-17(8-10-19)26-23(30)21(22(29)25-24(26)31)13-15-3-11-20(12-4-15)34-14-16-1-5-18(6-2-16)27(32)33/h1-13,28H,14H2,(H,25,29,31)/b21-13+. The number of phenolic OH excluding ortho intramolecular Hbond substituents is 1. The molecule has 0 aromatic heterocycles. The number of imide groups is 2. The van der Waals surface area contributed by atoms with Gasteiger partial charge < -0.3 is 9.84 Å². The summed E-state index contributed by atoms with van der Waals surface area (Å²) in [6.07, 6.45) is 1.36. The normalized spacial score (nSPS) is 14.8. The molecule has 0 unspecified atom stereocenters. The van der Waals surface area contributed by atoms with Gasteiger partial charge in [-0.15, -0.1) is 0 Å². The average Bonchev–Trinajstić information content (AvgIpc) is 2.82. The van der Waals surface area contributed by atoms with Gasteiger partial charge in [0.25, 0.3) is 17.5 Å². The van der Waals surface area contributed by atoms with Gasteiger partial charge in [0, 0.05) is 12.1 Å². The van der Waals surface area contributed by atoms with Gasteiger partial charge in [-0.1, -0.05) is 12.1 Å². The number of nitrogens with one attached hydrogen (secondary N) is 1. The van der Waals surface area contributed by atoms with Crippen molar-refractivity contribution in [1.82, 2.24) is 5.32 Å². The van der Waals surface area contributed by atoms with E-state index in [0.717, 1.165) is 10.5 Å². The summed E-state index contributed by atoms with van der Waals surface area (Å²) < 4.78 is 5.67. The van der Waals surface area contributed by atoms with Crippen molar-refractivity contribution in [3.63, 3.8) is 0 Å². The lowest BCUT2D eigenvalue weighted by molar-refractivity contribution is -0.384. The maximum Gasteiger partial charge on any atom is 0.335 e. The Labute approximate surface area is 192 Å². The molecule has 0 aliphatic carbocycles. The summed E-state index contributed by atoms with van der Waals surface area (Å²) in [5.74, 6) is -1.13. The molecule has 3 aromatic carbocycles. The Morgan fingerprint density at radius 1 is 0.941 bits per heavy atom. The highest BCUT2D eigenvalue weighted by Gasteiger charge is 2.36. The molecule has 170 valence electrons. The summed E-state index contributed by atoms with van der Waals surface area (Å²) in [5.41, 5.74) is 1.25. The molecule has 1 aliphatic heterocycles. The number of anilines is 1. The van der Waals surface area contributed by atoms with Crippen LogP contribution in [0, 0.1) is 10.1 Å². The van der Waals surface area contributed by atoms with Crippen LogP contribution in [-0.4, -0.2) is 27.9 Å². The monoisotopic (exact) mass is 459 g/mol. The number of ether oxygens (including phenoxy) is 1. The number of hydrogen-bond acceptors (Lipinski definition) is 7. The first-order valence-electron chi connectivity index (χ1n) is 9.98. The number of nitro benzene ring substituents is 1. The van der Waals surface area contributed by atoms with Crippen molar-refractivity contribution >= 4 is 35.3 Å². The number of carbonyl (C=O) groups is 3. The predicted molar refractivity (Wildman–Crippen MR) is 121 cm³/mol. The molecule has 34 heavy (non-hydrogen) atoms. The molecular formula is C24H17N3O7. The quantitative estimate of drug-likeness (QED) is 0.249. The zero-order valence-electron chi connectivity index (χ0n) is 17.5. The van der Waals surface area contributed by atoms with Crippen LogP contribution in [0.2, 0.25) is 0 Å². The van der Waals surface area contributed by atoms with Gasteiger partial charge in [-0.25, -0.2) is 9.69 Å². The number of hydrogen-bond donors (Lipinski definition) is 2. The van der Waals surface area contributed by atoms with Crippen molar-refractivity contribution in [3.05, 3.63) is 99.6 Å². The molecule has 1 heterocycles. The van der Waals surface area contributed by atoms with Crippen molar-refractivity contribution < 1.29 is 29.2 Å². The lowest BCUT2D eigenvalue weighted by Crippen LogP contribution is -2.54. The minimum absolute atomic E-state index is 0.00638. The summed E-state index contributed by atoms with van der Waals surface area (Å²) in [6.45, 7) is 0.197.